The van der Waals surface area contributed by atoms with E-state index in [2.05, 4.69) is 85.3 Å². The number of nitrogens with one attached hydrogen (secondary N) is 1. The van der Waals surface area contributed by atoms with Crippen molar-refractivity contribution in [3.63, 3.8) is 0 Å². The molecular weight excluding hydrogens is 540 g/mol. The number of rotatable bonds is 9. The van der Waals surface area contributed by atoms with E-state index in [0.717, 1.165) is 92.1 Å². The molecule has 4 aromatic rings. The SMILES string of the molecule is COc1cc(CN2CCCN(CC(=O)Nc3ccc4c(c3)CCc3nnc(C)n3-4)CC2)ccc1OCc1ccc(C)cc1. The molecule has 43 heavy (non-hydrogen) atoms. The monoisotopic (exact) mass is 580 g/mol. The van der Waals surface area contributed by atoms with Crippen LogP contribution in [0.3, 0.4) is 0 Å². The van der Waals surface area contributed by atoms with E-state index >= 15 is 0 Å². The maximum Gasteiger partial charge on any atom is 0.238 e. The third-order valence-electron chi connectivity index (χ3n) is 8.31. The van der Waals surface area contributed by atoms with Crippen LogP contribution in [0.5, 0.6) is 11.5 Å². The maximum atomic E-state index is 13.0. The lowest BCUT2D eigenvalue weighted by atomic mass is 10.0. The summed E-state index contributed by atoms with van der Waals surface area (Å²) in [5, 5.41) is 11.6. The average Bonchev–Trinajstić information content (AvgIpc) is 3.26. The highest BCUT2D eigenvalue weighted by Gasteiger charge is 2.21. The first-order chi connectivity index (χ1) is 20.9. The smallest absolute Gasteiger partial charge is 0.238 e. The van der Waals surface area contributed by atoms with Gasteiger partial charge in [0.2, 0.25) is 5.91 Å². The fourth-order valence-electron chi connectivity index (χ4n) is 5.99. The Morgan fingerprint density at radius 1 is 0.860 bits per heavy atom. The zero-order valence-corrected chi connectivity index (χ0v) is 25.3. The molecule has 0 aliphatic carbocycles. The second-order valence-electron chi connectivity index (χ2n) is 11.6. The normalized spacial score (nSPS) is 15.3. The number of methoxy groups -OCH3 is 1. The fourth-order valence-corrected chi connectivity index (χ4v) is 5.99. The van der Waals surface area contributed by atoms with Crippen LogP contribution in [0.15, 0.2) is 60.7 Å². The second-order valence-corrected chi connectivity index (χ2v) is 11.6. The van der Waals surface area contributed by atoms with Crippen LogP contribution in [-0.4, -0.2) is 70.3 Å². The molecular formula is C34H40N6O3. The zero-order chi connectivity index (χ0) is 29.8. The third kappa shape index (κ3) is 6.89. The molecule has 1 amide bonds. The number of anilines is 1. The molecule has 0 bridgehead atoms. The summed E-state index contributed by atoms with van der Waals surface area (Å²) >= 11 is 0. The number of benzene rings is 3. The molecule has 1 saturated heterocycles. The van der Waals surface area contributed by atoms with Gasteiger partial charge in [-0.25, -0.2) is 0 Å². The van der Waals surface area contributed by atoms with Gasteiger partial charge in [0.15, 0.2) is 11.5 Å². The van der Waals surface area contributed by atoms with Crippen molar-refractivity contribution < 1.29 is 14.3 Å². The minimum absolute atomic E-state index is 0.0244. The molecule has 0 saturated carbocycles. The van der Waals surface area contributed by atoms with Gasteiger partial charge in [-0.05, 0) is 86.8 Å². The van der Waals surface area contributed by atoms with E-state index in [1.165, 1.54) is 16.7 Å². The number of carbonyl (C=O) groups is 1. The van der Waals surface area contributed by atoms with E-state index in [-0.39, 0.29) is 5.91 Å². The second kappa shape index (κ2) is 13.0. The summed E-state index contributed by atoms with van der Waals surface area (Å²) in [6, 6.07) is 20.7. The zero-order valence-electron chi connectivity index (χ0n) is 25.3. The first-order valence-corrected chi connectivity index (χ1v) is 15.1. The maximum absolute atomic E-state index is 13.0. The van der Waals surface area contributed by atoms with E-state index in [4.69, 9.17) is 9.47 Å². The van der Waals surface area contributed by atoms with Crippen LogP contribution in [0.2, 0.25) is 0 Å². The molecule has 0 radical (unpaired) electrons. The molecule has 1 fully saturated rings. The lowest BCUT2D eigenvalue weighted by Crippen LogP contribution is -2.36. The summed E-state index contributed by atoms with van der Waals surface area (Å²) in [4.78, 5) is 17.7. The number of nitrogens with zero attached hydrogens (tertiary/aromatic N) is 5. The van der Waals surface area contributed by atoms with Gasteiger partial charge in [-0.3, -0.25) is 19.2 Å². The minimum Gasteiger partial charge on any atom is -0.493 e. The number of aryl methyl sites for hydroxylation is 4. The van der Waals surface area contributed by atoms with Crippen LogP contribution < -0.4 is 14.8 Å². The van der Waals surface area contributed by atoms with Crippen molar-refractivity contribution in [1.82, 2.24) is 24.6 Å². The van der Waals surface area contributed by atoms with Crippen LogP contribution in [-0.2, 0) is 30.8 Å². The molecule has 3 aromatic carbocycles. The van der Waals surface area contributed by atoms with E-state index in [0.29, 0.717) is 13.2 Å². The first-order valence-electron chi connectivity index (χ1n) is 15.1. The Morgan fingerprint density at radius 3 is 2.49 bits per heavy atom. The molecule has 9 heteroatoms. The van der Waals surface area contributed by atoms with Crippen LogP contribution in [0, 0.1) is 13.8 Å². The van der Waals surface area contributed by atoms with Gasteiger partial charge in [0.25, 0.3) is 0 Å². The Balaban J connectivity index is 0.996. The van der Waals surface area contributed by atoms with Gasteiger partial charge in [0.1, 0.15) is 18.3 Å². The van der Waals surface area contributed by atoms with Gasteiger partial charge >= 0.3 is 0 Å². The van der Waals surface area contributed by atoms with Crippen molar-refractivity contribution in [2.24, 2.45) is 0 Å². The van der Waals surface area contributed by atoms with Crippen molar-refractivity contribution in [3.8, 4) is 17.2 Å². The third-order valence-corrected chi connectivity index (χ3v) is 8.31. The van der Waals surface area contributed by atoms with E-state index < -0.39 is 0 Å². The summed E-state index contributed by atoms with van der Waals surface area (Å²) in [6.07, 6.45) is 2.77. The highest BCUT2D eigenvalue weighted by atomic mass is 16.5. The average molecular weight is 581 g/mol. The van der Waals surface area contributed by atoms with E-state index in [1.807, 2.05) is 19.1 Å². The minimum atomic E-state index is 0.0244. The molecule has 2 aliphatic heterocycles. The summed E-state index contributed by atoms with van der Waals surface area (Å²) in [6.45, 7) is 9.42. The number of amides is 1. The number of hydrogen-bond donors (Lipinski definition) is 1. The van der Waals surface area contributed by atoms with Gasteiger partial charge in [0, 0.05) is 31.7 Å². The largest absolute Gasteiger partial charge is 0.493 e. The Hall–Kier alpha value is -4.21. The van der Waals surface area contributed by atoms with Crippen LogP contribution in [0.25, 0.3) is 5.69 Å². The molecule has 0 spiro atoms. The standard InChI is InChI=1S/C34H40N6O3/c1-24-5-7-26(8-6-24)23-43-31-13-9-27(19-32(31)42-3)21-38-15-4-16-39(18-17-38)22-34(41)35-29-11-12-30-28(20-29)10-14-33-37-36-25(2)40(30)33/h5-9,11-13,19-20H,4,10,14-18,21-23H2,1-3H3,(H,35,41). The highest BCUT2D eigenvalue weighted by Crippen LogP contribution is 2.30. The van der Waals surface area contributed by atoms with Gasteiger partial charge in [0.05, 0.1) is 19.3 Å². The summed E-state index contributed by atoms with van der Waals surface area (Å²) in [5.74, 6) is 3.41. The highest BCUT2D eigenvalue weighted by molar-refractivity contribution is 5.92. The number of ether oxygens (including phenoxy) is 2. The van der Waals surface area contributed by atoms with Crippen LogP contribution >= 0.6 is 0 Å². The lowest BCUT2D eigenvalue weighted by molar-refractivity contribution is -0.117. The van der Waals surface area contributed by atoms with Gasteiger partial charge in [-0.2, -0.15) is 0 Å². The fraction of sp³-hybridized carbons (Fsp3) is 0.382. The van der Waals surface area contributed by atoms with Gasteiger partial charge in [-0.15, -0.1) is 10.2 Å². The number of aromatic nitrogens is 3. The van der Waals surface area contributed by atoms with Crippen molar-refractivity contribution >= 4 is 11.6 Å². The molecule has 2 aliphatic rings. The van der Waals surface area contributed by atoms with Crippen LogP contribution in [0.1, 0.15) is 40.3 Å². The molecule has 0 atom stereocenters. The summed E-state index contributed by atoms with van der Waals surface area (Å²) < 4.78 is 13.8. The molecule has 6 rings (SSSR count). The number of hydrogen-bond acceptors (Lipinski definition) is 7. The van der Waals surface area contributed by atoms with E-state index in [9.17, 15) is 4.79 Å². The summed E-state index contributed by atoms with van der Waals surface area (Å²) in [5.41, 5.74) is 6.71. The Kier molecular flexibility index (Phi) is 8.72. The lowest BCUT2D eigenvalue weighted by Gasteiger charge is -2.22. The van der Waals surface area contributed by atoms with Gasteiger partial charge < -0.3 is 14.8 Å². The van der Waals surface area contributed by atoms with Crippen molar-refractivity contribution in [2.45, 2.75) is 46.3 Å². The predicted molar refractivity (Wildman–Crippen MR) is 167 cm³/mol. The molecule has 224 valence electrons. The Morgan fingerprint density at radius 2 is 1.65 bits per heavy atom. The first kappa shape index (κ1) is 28.9. The van der Waals surface area contributed by atoms with Crippen molar-refractivity contribution in [1.29, 1.82) is 0 Å². The molecule has 0 unspecified atom stereocenters. The topological polar surface area (TPSA) is 84.8 Å². The van der Waals surface area contributed by atoms with Crippen LogP contribution in [0.4, 0.5) is 5.69 Å². The number of carbonyl (C=O) groups excluding carboxylic acids is 1. The molecule has 9 nitrogen and oxygen atoms in total. The number of fused-ring (bicyclic) bond motifs is 3. The summed E-state index contributed by atoms with van der Waals surface area (Å²) in [7, 11) is 1.69. The molecule has 3 heterocycles. The Bertz CT molecular complexity index is 1580. The molecule has 1 N–H and O–H groups in total. The van der Waals surface area contributed by atoms with Crippen molar-refractivity contribution in [2.75, 3.05) is 45.2 Å². The van der Waals surface area contributed by atoms with Gasteiger partial charge in [-0.1, -0.05) is 35.9 Å². The predicted octanol–water partition coefficient (Wildman–Crippen LogP) is 4.72. The quantitative estimate of drug-likeness (QED) is 0.307. The molecule has 1 aromatic heterocycles. The Labute approximate surface area is 253 Å². The van der Waals surface area contributed by atoms with E-state index in [1.54, 1.807) is 7.11 Å². The van der Waals surface area contributed by atoms with Crippen molar-refractivity contribution in [3.05, 3.63) is 94.6 Å².